The fraction of sp³-hybridized carbons (Fsp3) is 0.190. The standard InChI is InChI=1S/C21H21NO2S/c1-21(24,18-13-8-14-25-18)15-22-20(23)19(16-9-4-2-5-10-16)17-11-6-3-7-12-17/h2-14,19,24H,15H2,1H3,(H,22,23). The van der Waals surface area contributed by atoms with E-state index in [0.29, 0.717) is 0 Å². The predicted octanol–water partition coefficient (Wildman–Crippen LogP) is 3.90. The number of carbonyl (C=O) groups is 1. The van der Waals surface area contributed by atoms with E-state index >= 15 is 0 Å². The lowest BCUT2D eigenvalue weighted by atomic mass is 9.90. The van der Waals surface area contributed by atoms with E-state index in [-0.39, 0.29) is 12.5 Å². The highest BCUT2D eigenvalue weighted by Gasteiger charge is 2.28. The van der Waals surface area contributed by atoms with Gasteiger partial charge in [-0.15, -0.1) is 11.3 Å². The van der Waals surface area contributed by atoms with Crippen molar-refractivity contribution >= 4 is 17.2 Å². The molecular formula is C21H21NO2S. The summed E-state index contributed by atoms with van der Waals surface area (Å²) in [6, 6.07) is 23.2. The van der Waals surface area contributed by atoms with Gasteiger partial charge in [0, 0.05) is 4.88 Å². The summed E-state index contributed by atoms with van der Waals surface area (Å²) in [4.78, 5) is 13.8. The molecule has 128 valence electrons. The van der Waals surface area contributed by atoms with Crippen molar-refractivity contribution in [3.63, 3.8) is 0 Å². The van der Waals surface area contributed by atoms with E-state index in [1.54, 1.807) is 6.92 Å². The molecule has 3 aromatic rings. The van der Waals surface area contributed by atoms with Crippen LogP contribution in [0.3, 0.4) is 0 Å². The summed E-state index contributed by atoms with van der Waals surface area (Å²) in [5, 5.41) is 15.5. The second-order valence-electron chi connectivity index (χ2n) is 6.22. The van der Waals surface area contributed by atoms with E-state index in [1.807, 2.05) is 78.2 Å². The van der Waals surface area contributed by atoms with Gasteiger partial charge in [-0.2, -0.15) is 0 Å². The van der Waals surface area contributed by atoms with Crippen molar-refractivity contribution in [3.8, 4) is 0 Å². The molecule has 1 amide bonds. The molecule has 0 radical (unpaired) electrons. The van der Waals surface area contributed by atoms with Gasteiger partial charge in [-0.3, -0.25) is 4.79 Å². The summed E-state index contributed by atoms with van der Waals surface area (Å²) in [5.41, 5.74) is 0.783. The molecule has 25 heavy (non-hydrogen) atoms. The Labute approximate surface area is 152 Å². The van der Waals surface area contributed by atoms with Gasteiger partial charge in [-0.1, -0.05) is 66.7 Å². The fourth-order valence-electron chi connectivity index (χ4n) is 2.82. The van der Waals surface area contributed by atoms with E-state index in [0.717, 1.165) is 16.0 Å². The first-order valence-electron chi connectivity index (χ1n) is 8.22. The van der Waals surface area contributed by atoms with Gasteiger partial charge in [0.2, 0.25) is 5.91 Å². The molecule has 0 aliphatic carbocycles. The Balaban J connectivity index is 1.81. The van der Waals surface area contributed by atoms with Crippen LogP contribution in [0.1, 0.15) is 28.8 Å². The molecular weight excluding hydrogens is 330 g/mol. The normalized spacial score (nSPS) is 13.4. The van der Waals surface area contributed by atoms with Crippen LogP contribution in [0.15, 0.2) is 78.2 Å². The van der Waals surface area contributed by atoms with E-state index in [4.69, 9.17) is 0 Å². The monoisotopic (exact) mass is 351 g/mol. The molecule has 2 N–H and O–H groups in total. The van der Waals surface area contributed by atoms with Gasteiger partial charge in [-0.25, -0.2) is 0 Å². The number of rotatable bonds is 6. The van der Waals surface area contributed by atoms with Crippen LogP contribution < -0.4 is 5.32 Å². The van der Waals surface area contributed by atoms with Crippen molar-refractivity contribution in [1.29, 1.82) is 0 Å². The lowest BCUT2D eigenvalue weighted by molar-refractivity contribution is -0.122. The maximum Gasteiger partial charge on any atom is 0.232 e. The molecule has 1 unspecified atom stereocenters. The molecule has 0 fully saturated rings. The largest absolute Gasteiger partial charge is 0.383 e. The third-order valence-corrected chi connectivity index (χ3v) is 5.31. The number of aliphatic hydroxyl groups is 1. The zero-order chi connectivity index (χ0) is 17.7. The number of carbonyl (C=O) groups excluding carboxylic acids is 1. The molecule has 0 aliphatic heterocycles. The smallest absolute Gasteiger partial charge is 0.232 e. The molecule has 3 rings (SSSR count). The highest BCUT2D eigenvalue weighted by Crippen LogP contribution is 2.27. The van der Waals surface area contributed by atoms with Gasteiger partial charge in [0.1, 0.15) is 5.60 Å². The third-order valence-electron chi connectivity index (χ3n) is 4.19. The summed E-state index contributed by atoms with van der Waals surface area (Å²) in [6.07, 6.45) is 0. The Kier molecular flexibility index (Phi) is 5.31. The number of amides is 1. The molecule has 3 nitrogen and oxygen atoms in total. The van der Waals surface area contributed by atoms with Crippen LogP contribution in [-0.4, -0.2) is 17.6 Å². The molecule has 4 heteroatoms. The van der Waals surface area contributed by atoms with Crippen LogP contribution in [0, 0.1) is 0 Å². The van der Waals surface area contributed by atoms with Crippen molar-refractivity contribution in [3.05, 3.63) is 94.2 Å². The average molecular weight is 351 g/mol. The Morgan fingerprint density at radius 2 is 1.56 bits per heavy atom. The highest BCUT2D eigenvalue weighted by atomic mass is 32.1. The van der Waals surface area contributed by atoms with Crippen molar-refractivity contribution in [2.24, 2.45) is 0 Å². The van der Waals surface area contributed by atoms with Crippen molar-refractivity contribution in [1.82, 2.24) is 5.32 Å². The summed E-state index contributed by atoms with van der Waals surface area (Å²) in [5.74, 6) is -0.518. The SMILES string of the molecule is CC(O)(CNC(=O)C(c1ccccc1)c1ccccc1)c1cccs1. The zero-order valence-corrected chi connectivity index (χ0v) is 14.9. The van der Waals surface area contributed by atoms with E-state index in [1.165, 1.54) is 11.3 Å². The van der Waals surface area contributed by atoms with Crippen LogP contribution in [0.25, 0.3) is 0 Å². The van der Waals surface area contributed by atoms with E-state index < -0.39 is 11.5 Å². The number of hydrogen-bond acceptors (Lipinski definition) is 3. The van der Waals surface area contributed by atoms with Gasteiger partial charge in [0.25, 0.3) is 0 Å². The molecule has 0 saturated heterocycles. The number of hydrogen-bond donors (Lipinski definition) is 2. The minimum absolute atomic E-state index is 0.116. The number of benzene rings is 2. The topological polar surface area (TPSA) is 49.3 Å². The molecule has 0 saturated carbocycles. The minimum atomic E-state index is -1.08. The predicted molar refractivity (Wildman–Crippen MR) is 102 cm³/mol. The third kappa shape index (κ3) is 4.16. The Hall–Kier alpha value is -2.43. The maximum atomic E-state index is 12.9. The maximum absolute atomic E-state index is 12.9. The van der Waals surface area contributed by atoms with Crippen molar-refractivity contribution in [2.75, 3.05) is 6.54 Å². The second-order valence-corrected chi connectivity index (χ2v) is 7.17. The first kappa shape index (κ1) is 17.4. The second kappa shape index (κ2) is 7.64. The summed E-state index contributed by atoms with van der Waals surface area (Å²) in [7, 11) is 0. The van der Waals surface area contributed by atoms with Gasteiger partial charge >= 0.3 is 0 Å². The molecule has 1 heterocycles. The van der Waals surface area contributed by atoms with Crippen molar-refractivity contribution < 1.29 is 9.90 Å². The molecule has 1 atom stereocenters. The van der Waals surface area contributed by atoms with Crippen LogP contribution >= 0.6 is 11.3 Å². The number of nitrogens with one attached hydrogen (secondary N) is 1. The Morgan fingerprint density at radius 1 is 1.00 bits per heavy atom. The van der Waals surface area contributed by atoms with Crippen LogP contribution in [0.5, 0.6) is 0 Å². The summed E-state index contributed by atoms with van der Waals surface area (Å²) in [6.45, 7) is 1.89. The summed E-state index contributed by atoms with van der Waals surface area (Å²) < 4.78 is 0. The van der Waals surface area contributed by atoms with Gasteiger partial charge in [0.05, 0.1) is 12.5 Å². The summed E-state index contributed by atoms with van der Waals surface area (Å²) >= 11 is 1.48. The average Bonchev–Trinajstić information content (AvgIpc) is 3.18. The number of thiophene rings is 1. The van der Waals surface area contributed by atoms with Crippen LogP contribution in [0.2, 0.25) is 0 Å². The molecule has 0 spiro atoms. The quantitative estimate of drug-likeness (QED) is 0.707. The van der Waals surface area contributed by atoms with Gasteiger partial charge in [0.15, 0.2) is 0 Å². The lowest BCUT2D eigenvalue weighted by Crippen LogP contribution is -2.40. The Bertz CT molecular complexity index is 759. The lowest BCUT2D eigenvalue weighted by Gasteiger charge is -2.24. The van der Waals surface area contributed by atoms with E-state index in [2.05, 4.69) is 5.32 Å². The molecule has 0 bridgehead atoms. The van der Waals surface area contributed by atoms with Gasteiger partial charge < -0.3 is 10.4 Å². The highest BCUT2D eigenvalue weighted by molar-refractivity contribution is 7.10. The first-order valence-corrected chi connectivity index (χ1v) is 9.10. The van der Waals surface area contributed by atoms with E-state index in [9.17, 15) is 9.90 Å². The van der Waals surface area contributed by atoms with Crippen molar-refractivity contribution in [2.45, 2.75) is 18.4 Å². The first-order chi connectivity index (χ1) is 12.1. The molecule has 2 aromatic carbocycles. The fourth-order valence-corrected chi connectivity index (χ4v) is 3.61. The zero-order valence-electron chi connectivity index (χ0n) is 14.1. The van der Waals surface area contributed by atoms with Crippen LogP contribution in [-0.2, 0) is 10.4 Å². The minimum Gasteiger partial charge on any atom is -0.383 e. The Morgan fingerprint density at radius 3 is 2.04 bits per heavy atom. The van der Waals surface area contributed by atoms with Crippen LogP contribution in [0.4, 0.5) is 0 Å². The molecule has 1 aromatic heterocycles. The van der Waals surface area contributed by atoms with Gasteiger partial charge in [-0.05, 0) is 29.5 Å². The molecule has 0 aliphatic rings.